The van der Waals surface area contributed by atoms with E-state index in [1.165, 1.54) is 12.1 Å². The summed E-state index contributed by atoms with van der Waals surface area (Å²) in [6.07, 6.45) is -7.28. The molecule has 0 heterocycles. The predicted octanol–water partition coefficient (Wildman–Crippen LogP) is 2.05. The maximum Gasteiger partial charge on any atom is 0.420 e. The first-order valence-electron chi connectivity index (χ1n) is 5.18. The van der Waals surface area contributed by atoms with Crippen LogP contribution in [0.4, 0.5) is 13.2 Å². The van der Waals surface area contributed by atoms with E-state index in [1.54, 1.807) is 0 Å². The summed E-state index contributed by atoms with van der Waals surface area (Å²) in [5.41, 5.74) is -1.04. The second kappa shape index (κ2) is 5.80. The minimum absolute atomic E-state index is 0.416. The van der Waals surface area contributed by atoms with Gasteiger partial charge in [0, 0.05) is 5.56 Å². The number of hydrogen-bond acceptors (Lipinski definition) is 5. The zero-order valence-corrected chi connectivity index (χ0v) is 11.3. The van der Waals surface area contributed by atoms with Crippen molar-refractivity contribution in [3.63, 3.8) is 0 Å². The van der Waals surface area contributed by atoms with E-state index >= 15 is 0 Å². The molecule has 0 fully saturated rings. The molecule has 5 nitrogen and oxygen atoms in total. The lowest BCUT2D eigenvalue weighted by atomic mass is 10.0. The third kappa shape index (κ3) is 4.20. The predicted molar refractivity (Wildman–Crippen MR) is 62.5 cm³/mol. The molecule has 1 atom stereocenters. The Hall–Kier alpha value is -1.61. The summed E-state index contributed by atoms with van der Waals surface area (Å²) < 4.78 is 69.2. The van der Waals surface area contributed by atoms with Crippen molar-refractivity contribution >= 4 is 16.1 Å². The van der Waals surface area contributed by atoms with Crippen LogP contribution in [-0.2, 0) is 19.0 Å². The Balaban J connectivity index is 3.39. The number of methoxy groups -OCH3 is 1. The van der Waals surface area contributed by atoms with E-state index in [4.69, 9.17) is 0 Å². The number of ether oxygens (including phenoxy) is 1. The molecule has 1 aromatic rings. The van der Waals surface area contributed by atoms with Crippen LogP contribution in [-0.4, -0.2) is 33.9 Å². The lowest BCUT2D eigenvalue weighted by Crippen LogP contribution is -2.27. The van der Waals surface area contributed by atoms with Gasteiger partial charge in [-0.05, 0) is 6.07 Å². The second-order valence-corrected chi connectivity index (χ2v) is 5.40. The molecule has 20 heavy (non-hydrogen) atoms. The van der Waals surface area contributed by atoms with Crippen molar-refractivity contribution < 1.29 is 35.3 Å². The topological polar surface area (TPSA) is 69.7 Å². The molecule has 0 spiro atoms. The lowest BCUT2D eigenvalue weighted by Gasteiger charge is -2.21. The molecule has 1 unspecified atom stereocenters. The number of carbonyl (C=O) groups is 1. The molecule has 0 bridgehead atoms. The summed E-state index contributed by atoms with van der Waals surface area (Å²) in [6.45, 7) is 0. The van der Waals surface area contributed by atoms with E-state index in [2.05, 4.69) is 8.92 Å². The second-order valence-electron chi connectivity index (χ2n) is 3.80. The number of hydrogen-bond donors (Lipinski definition) is 0. The average molecular weight is 312 g/mol. The number of rotatable bonds is 4. The minimum atomic E-state index is -5.01. The highest BCUT2D eigenvalue weighted by Crippen LogP contribution is 2.38. The van der Waals surface area contributed by atoms with Crippen molar-refractivity contribution in [3.05, 3.63) is 35.4 Å². The zero-order valence-electron chi connectivity index (χ0n) is 10.5. The van der Waals surface area contributed by atoms with Gasteiger partial charge in [-0.2, -0.15) is 21.6 Å². The molecule has 0 saturated carbocycles. The van der Waals surface area contributed by atoms with E-state index in [-0.39, 0.29) is 0 Å². The molecule has 9 heteroatoms. The van der Waals surface area contributed by atoms with Gasteiger partial charge in [-0.25, -0.2) is 4.79 Å². The zero-order chi connectivity index (χ0) is 15.6. The molecule has 1 aromatic carbocycles. The molecule has 0 aliphatic heterocycles. The van der Waals surface area contributed by atoms with Crippen LogP contribution < -0.4 is 0 Å². The molecule has 0 N–H and O–H groups in total. The van der Waals surface area contributed by atoms with E-state index in [0.29, 0.717) is 6.26 Å². The largest absolute Gasteiger partial charge is 0.465 e. The first-order chi connectivity index (χ1) is 9.06. The normalized spacial score (nSPS) is 13.8. The molecular formula is C11H11F3O5S. The fourth-order valence-corrected chi connectivity index (χ4v) is 2.04. The molecule has 0 amide bonds. The Morgan fingerprint density at radius 1 is 1.25 bits per heavy atom. The number of halogens is 3. The van der Waals surface area contributed by atoms with Gasteiger partial charge < -0.3 is 4.74 Å². The number of carbonyl (C=O) groups excluding carboxylic acids is 1. The molecule has 0 radical (unpaired) electrons. The van der Waals surface area contributed by atoms with Crippen molar-refractivity contribution in [1.29, 1.82) is 0 Å². The van der Waals surface area contributed by atoms with Gasteiger partial charge >= 0.3 is 12.1 Å². The van der Waals surface area contributed by atoms with Crippen LogP contribution in [0.15, 0.2) is 24.3 Å². The van der Waals surface area contributed by atoms with Gasteiger partial charge in [0.15, 0.2) is 6.10 Å². The summed E-state index contributed by atoms with van der Waals surface area (Å²) in [4.78, 5) is 11.4. The number of benzene rings is 1. The molecule has 0 aromatic heterocycles. The Morgan fingerprint density at radius 2 is 1.80 bits per heavy atom. The number of alkyl halides is 3. The highest BCUT2D eigenvalue weighted by Gasteiger charge is 2.45. The van der Waals surface area contributed by atoms with E-state index in [1.807, 2.05) is 0 Å². The fourth-order valence-electron chi connectivity index (χ4n) is 1.48. The fraction of sp³-hybridized carbons (Fsp3) is 0.364. The Bertz CT molecular complexity index is 594. The molecule has 112 valence electrons. The Labute approximate surface area is 113 Å². The van der Waals surface area contributed by atoms with Crippen LogP contribution in [0.3, 0.4) is 0 Å². The highest BCUT2D eigenvalue weighted by molar-refractivity contribution is 7.86. The quantitative estimate of drug-likeness (QED) is 0.628. The number of esters is 1. The van der Waals surface area contributed by atoms with Crippen LogP contribution in [0.2, 0.25) is 0 Å². The maximum atomic E-state index is 12.9. The monoisotopic (exact) mass is 312 g/mol. The lowest BCUT2D eigenvalue weighted by molar-refractivity contribution is -0.196. The first-order valence-corrected chi connectivity index (χ1v) is 7.00. The van der Waals surface area contributed by atoms with Crippen LogP contribution in [0, 0.1) is 0 Å². The smallest absolute Gasteiger partial charge is 0.420 e. The van der Waals surface area contributed by atoms with Crippen LogP contribution in [0.25, 0.3) is 0 Å². The van der Waals surface area contributed by atoms with Crippen LogP contribution in [0.1, 0.15) is 22.0 Å². The van der Waals surface area contributed by atoms with Crippen molar-refractivity contribution in [2.24, 2.45) is 0 Å². The molecule has 1 rings (SSSR count). The molecule has 0 aliphatic rings. The van der Waals surface area contributed by atoms with Gasteiger partial charge in [-0.15, -0.1) is 0 Å². The summed E-state index contributed by atoms with van der Waals surface area (Å²) in [5, 5.41) is 0. The van der Waals surface area contributed by atoms with Crippen LogP contribution >= 0.6 is 0 Å². The standard InChI is InChI=1S/C11H11F3O5S/c1-18-10(15)8-6-4-3-5-7(8)9(11(12,13)14)19-20(2,16)17/h3-6,9H,1-2H3. The van der Waals surface area contributed by atoms with Gasteiger partial charge in [0.1, 0.15) is 0 Å². The third-order valence-electron chi connectivity index (χ3n) is 2.22. The van der Waals surface area contributed by atoms with E-state index in [9.17, 15) is 26.4 Å². The Kier molecular flexibility index (Phi) is 4.77. The van der Waals surface area contributed by atoms with E-state index in [0.717, 1.165) is 19.2 Å². The van der Waals surface area contributed by atoms with Gasteiger partial charge in [0.2, 0.25) is 0 Å². The Morgan fingerprint density at radius 3 is 2.25 bits per heavy atom. The van der Waals surface area contributed by atoms with Crippen molar-refractivity contribution in [2.45, 2.75) is 12.3 Å². The molecule has 0 aliphatic carbocycles. The van der Waals surface area contributed by atoms with Crippen molar-refractivity contribution in [3.8, 4) is 0 Å². The van der Waals surface area contributed by atoms with Crippen molar-refractivity contribution in [1.82, 2.24) is 0 Å². The summed E-state index contributed by atoms with van der Waals surface area (Å²) in [7, 11) is -3.38. The minimum Gasteiger partial charge on any atom is -0.465 e. The van der Waals surface area contributed by atoms with Gasteiger partial charge in [-0.3, -0.25) is 4.18 Å². The van der Waals surface area contributed by atoms with Gasteiger partial charge in [-0.1, -0.05) is 18.2 Å². The highest BCUT2D eigenvalue weighted by atomic mass is 32.2. The third-order valence-corrected chi connectivity index (χ3v) is 2.76. The summed E-state index contributed by atoms with van der Waals surface area (Å²) >= 11 is 0. The van der Waals surface area contributed by atoms with Gasteiger partial charge in [0.05, 0.1) is 18.9 Å². The average Bonchev–Trinajstić information content (AvgIpc) is 2.33. The maximum absolute atomic E-state index is 12.9. The van der Waals surface area contributed by atoms with Crippen LogP contribution in [0.5, 0.6) is 0 Å². The van der Waals surface area contributed by atoms with Crippen molar-refractivity contribution in [2.75, 3.05) is 13.4 Å². The van der Waals surface area contributed by atoms with Gasteiger partial charge in [0.25, 0.3) is 10.1 Å². The summed E-state index contributed by atoms with van der Waals surface area (Å²) in [5.74, 6) is -1.02. The first kappa shape index (κ1) is 16.4. The molecular weight excluding hydrogens is 301 g/mol. The SMILES string of the molecule is COC(=O)c1ccccc1C(OS(C)(=O)=O)C(F)(F)F. The van der Waals surface area contributed by atoms with E-state index < -0.39 is 39.5 Å². The summed E-state index contributed by atoms with van der Waals surface area (Å²) in [6, 6.07) is 4.59. The molecule has 0 saturated heterocycles.